The van der Waals surface area contributed by atoms with Crippen molar-refractivity contribution in [2.75, 3.05) is 13.7 Å². The molecule has 0 spiro atoms. The zero-order valence-electron chi connectivity index (χ0n) is 8.21. The number of amides is 1. The summed E-state index contributed by atoms with van der Waals surface area (Å²) in [6, 6.07) is 1.14. The lowest BCUT2D eigenvalue weighted by Crippen LogP contribution is -2.34. The molecule has 0 unspecified atom stereocenters. The molecule has 0 aliphatic heterocycles. The van der Waals surface area contributed by atoms with Crippen LogP contribution in [0.15, 0.2) is 12.4 Å². The summed E-state index contributed by atoms with van der Waals surface area (Å²) in [4.78, 5) is 18.3. The molecule has 0 saturated carbocycles. The minimum atomic E-state index is -4.45. The highest BCUT2D eigenvalue weighted by molar-refractivity contribution is 5.92. The average molecular weight is 235 g/mol. The van der Waals surface area contributed by atoms with E-state index in [9.17, 15) is 18.0 Å². The van der Waals surface area contributed by atoms with Crippen molar-refractivity contribution in [3.05, 3.63) is 18.1 Å². The summed E-state index contributed by atoms with van der Waals surface area (Å²) >= 11 is 0. The van der Waals surface area contributed by atoms with Crippen LogP contribution in [0.5, 0.6) is 5.88 Å². The Balaban J connectivity index is 2.66. The van der Waals surface area contributed by atoms with Crippen LogP contribution >= 0.6 is 0 Å². The summed E-state index contributed by atoms with van der Waals surface area (Å²) in [5, 5.41) is 1.68. The Bertz CT molecular complexity index is 381. The first-order valence-corrected chi connectivity index (χ1v) is 4.13. The molecule has 0 radical (unpaired) electrons. The Kier molecular flexibility index (Phi) is 3.64. The van der Waals surface area contributed by atoms with E-state index in [0.29, 0.717) is 0 Å². The first kappa shape index (κ1) is 12.2. The second kappa shape index (κ2) is 4.77. The van der Waals surface area contributed by atoms with Gasteiger partial charge in [0.1, 0.15) is 18.6 Å². The lowest BCUT2D eigenvalue weighted by molar-refractivity contribution is -0.123. The zero-order chi connectivity index (χ0) is 12.2. The van der Waals surface area contributed by atoms with Crippen LogP contribution in [0, 0.1) is 0 Å². The number of carbonyl (C=O) groups is 1. The number of methoxy groups -OCH3 is 1. The van der Waals surface area contributed by atoms with E-state index in [0.717, 1.165) is 12.4 Å². The van der Waals surface area contributed by atoms with Gasteiger partial charge in [0.05, 0.1) is 7.11 Å². The number of hydrogen-bond acceptors (Lipinski definition) is 4. The molecule has 1 aromatic heterocycles. The van der Waals surface area contributed by atoms with E-state index in [1.165, 1.54) is 7.11 Å². The summed E-state index contributed by atoms with van der Waals surface area (Å²) in [7, 11) is 1.32. The van der Waals surface area contributed by atoms with Gasteiger partial charge in [0, 0.05) is 6.07 Å². The molecule has 1 rings (SSSR count). The Labute approximate surface area is 88.7 Å². The Morgan fingerprint density at radius 2 is 2.19 bits per heavy atom. The van der Waals surface area contributed by atoms with Crippen molar-refractivity contribution in [2.24, 2.45) is 0 Å². The monoisotopic (exact) mass is 235 g/mol. The van der Waals surface area contributed by atoms with Crippen LogP contribution in [0.1, 0.15) is 10.5 Å². The van der Waals surface area contributed by atoms with E-state index >= 15 is 0 Å². The maximum atomic E-state index is 11.8. The predicted octanol–water partition coefficient (Wildman–Crippen LogP) is 0.777. The number of rotatable bonds is 3. The van der Waals surface area contributed by atoms with Crippen molar-refractivity contribution >= 4 is 5.91 Å². The lowest BCUT2D eigenvalue weighted by Gasteiger charge is -2.07. The summed E-state index contributed by atoms with van der Waals surface area (Å²) in [6.45, 7) is -1.40. The fourth-order valence-electron chi connectivity index (χ4n) is 0.846. The van der Waals surface area contributed by atoms with Gasteiger partial charge in [-0.3, -0.25) is 4.79 Å². The molecule has 0 bridgehead atoms. The molecule has 5 nitrogen and oxygen atoms in total. The fourth-order valence-corrected chi connectivity index (χ4v) is 0.846. The van der Waals surface area contributed by atoms with Crippen molar-refractivity contribution in [3.63, 3.8) is 0 Å². The molecule has 1 aromatic rings. The topological polar surface area (TPSA) is 64.1 Å². The van der Waals surface area contributed by atoms with E-state index in [1.807, 2.05) is 0 Å². The third-order valence-electron chi connectivity index (χ3n) is 1.53. The first-order chi connectivity index (χ1) is 7.42. The normalized spacial score (nSPS) is 11.0. The Morgan fingerprint density at radius 3 is 2.75 bits per heavy atom. The van der Waals surface area contributed by atoms with Crippen LogP contribution in [0.2, 0.25) is 0 Å². The molecule has 0 atom stereocenters. The van der Waals surface area contributed by atoms with E-state index < -0.39 is 18.6 Å². The molecule has 1 heterocycles. The third kappa shape index (κ3) is 3.71. The van der Waals surface area contributed by atoms with Gasteiger partial charge in [-0.05, 0) is 0 Å². The van der Waals surface area contributed by atoms with Gasteiger partial charge in [-0.2, -0.15) is 13.2 Å². The molecule has 0 fully saturated rings. The van der Waals surface area contributed by atoms with Crippen LogP contribution in [-0.2, 0) is 0 Å². The quantitative estimate of drug-likeness (QED) is 0.840. The van der Waals surface area contributed by atoms with Gasteiger partial charge in [0.2, 0.25) is 5.88 Å². The minimum Gasteiger partial charge on any atom is -0.481 e. The average Bonchev–Trinajstić information content (AvgIpc) is 2.25. The van der Waals surface area contributed by atoms with Crippen molar-refractivity contribution in [1.82, 2.24) is 15.3 Å². The van der Waals surface area contributed by atoms with Gasteiger partial charge in [0.15, 0.2) is 0 Å². The number of ether oxygens (including phenoxy) is 1. The number of nitrogens with one attached hydrogen (secondary N) is 1. The highest BCUT2D eigenvalue weighted by Gasteiger charge is 2.28. The molecule has 0 aliphatic carbocycles. The molecule has 0 aromatic carbocycles. The molecule has 8 heteroatoms. The SMILES string of the molecule is COc1cc(C(=O)NCC(F)(F)F)ncn1. The molecule has 88 valence electrons. The summed E-state index contributed by atoms with van der Waals surface area (Å²) in [6.07, 6.45) is -3.42. The molecule has 1 N–H and O–H groups in total. The largest absolute Gasteiger partial charge is 0.481 e. The van der Waals surface area contributed by atoms with Gasteiger partial charge in [-0.25, -0.2) is 9.97 Å². The van der Waals surface area contributed by atoms with Crippen LogP contribution < -0.4 is 10.1 Å². The minimum absolute atomic E-state index is 0.104. The molecular formula is C8H8F3N3O2. The van der Waals surface area contributed by atoms with Gasteiger partial charge in [-0.15, -0.1) is 0 Å². The van der Waals surface area contributed by atoms with E-state index in [1.54, 1.807) is 5.32 Å². The van der Waals surface area contributed by atoms with Gasteiger partial charge in [0.25, 0.3) is 5.91 Å². The predicted molar refractivity (Wildman–Crippen MR) is 47.0 cm³/mol. The third-order valence-corrected chi connectivity index (χ3v) is 1.53. The van der Waals surface area contributed by atoms with E-state index in [4.69, 9.17) is 4.74 Å². The van der Waals surface area contributed by atoms with E-state index in [2.05, 4.69) is 9.97 Å². The number of halogens is 3. The van der Waals surface area contributed by atoms with Crippen molar-refractivity contribution < 1.29 is 22.7 Å². The highest BCUT2D eigenvalue weighted by atomic mass is 19.4. The van der Waals surface area contributed by atoms with E-state index in [-0.39, 0.29) is 11.6 Å². The lowest BCUT2D eigenvalue weighted by atomic mass is 10.3. The maximum absolute atomic E-state index is 11.8. The fraction of sp³-hybridized carbons (Fsp3) is 0.375. The molecule has 0 aliphatic rings. The molecule has 16 heavy (non-hydrogen) atoms. The Morgan fingerprint density at radius 1 is 1.50 bits per heavy atom. The number of aromatic nitrogens is 2. The molecular weight excluding hydrogens is 227 g/mol. The van der Waals surface area contributed by atoms with Crippen LogP contribution in [0.4, 0.5) is 13.2 Å². The number of alkyl halides is 3. The Hall–Kier alpha value is -1.86. The van der Waals surface area contributed by atoms with Gasteiger partial charge >= 0.3 is 6.18 Å². The zero-order valence-corrected chi connectivity index (χ0v) is 8.21. The second-order valence-electron chi connectivity index (χ2n) is 2.74. The standard InChI is InChI=1S/C8H8F3N3O2/c1-16-6-2-5(13-4-14-6)7(15)12-3-8(9,10)11/h2,4H,3H2,1H3,(H,12,15). The van der Waals surface area contributed by atoms with Crippen LogP contribution in [0.3, 0.4) is 0 Å². The van der Waals surface area contributed by atoms with Crippen molar-refractivity contribution in [3.8, 4) is 5.88 Å². The van der Waals surface area contributed by atoms with Crippen molar-refractivity contribution in [2.45, 2.75) is 6.18 Å². The van der Waals surface area contributed by atoms with Gasteiger partial charge in [-0.1, -0.05) is 0 Å². The number of carbonyl (C=O) groups excluding carboxylic acids is 1. The van der Waals surface area contributed by atoms with Crippen LogP contribution in [0.25, 0.3) is 0 Å². The number of nitrogens with zero attached hydrogens (tertiary/aromatic N) is 2. The summed E-state index contributed by atoms with van der Waals surface area (Å²) in [5.74, 6) is -0.829. The number of hydrogen-bond donors (Lipinski definition) is 1. The summed E-state index contributed by atoms with van der Waals surface area (Å²) in [5.41, 5.74) is -0.184. The van der Waals surface area contributed by atoms with Crippen molar-refractivity contribution in [1.29, 1.82) is 0 Å². The van der Waals surface area contributed by atoms with Crippen LogP contribution in [-0.4, -0.2) is 35.7 Å². The smallest absolute Gasteiger partial charge is 0.405 e. The maximum Gasteiger partial charge on any atom is 0.405 e. The van der Waals surface area contributed by atoms with Gasteiger partial charge < -0.3 is 10.1 Å². The first-order valence-electron chi connectivity index (χ1n) is 4.13. The molecule has 1 amide bonds. The molecule has 0 saturated heterocycles. The highest BCUT2D eigenvalue weighted by Crippen LogP contribution is 2.12. The second-order valence-corrected chi connectivity index (χ2v) is 2.74. The summed E-state index contributed by atoms with van der Waals surface area (Å²) < 4.78 is 40.1.